The Bertz CT molecular complexity index is 879. The zero-order valence-electron chi connectivity index (χ0n) is 15.2. The average Bonchev–Trinajstić information content (AvgIpc) is 2.69. The molecule has 0 atom stereocenters. The maximum absolute atomic E-state index is 12.7. The summed E-state index contributed by atoms with van der Waals surface area (Å²) in [6.07, 6.45) is 3.28. The van der Waals surface area contributed by atoms with Crippen molar-refractivity contribution >= 4 is 27.8 Å². The number of carbonyl (C=O) groups excluding carboxylic acids is 1. The zero-order chi connectivity index (χ0) is 19.4. The molecule has 0 spiro atoms. The maximum atomic E-state index is 12.7. The molecule has 1 N–H and O–H groups in total. The minimum absolute atomic E-state index is 0.112. The van der Waals surface area contributed by atoms with Crippen LogP contribution in [0.15, 0.2) is 42.7 Å². The van der Waals surface area contributed by atoms with Gasteiger partial charge in [-0.15, -0.1) is 0 Å². The number of nitrogens with one attached hydrogen (secondary N) is 1. The van der Waals surface area contributed by atoms with Gasteiger partial charge in [0.25, 0.3) is 16.1 Å². The first-order valence-corrected chi connectivity index (χ1v) is 9.88. The Morgan fingerprint density at radius 1 is 1.04 bits per heavy atom. The second-order valence-corrected chi connectivity index (χ2v) is 8.40. The van der Waals surface area contributed by atoms with E-state index in [0.29, 0.717) is 24.6 Å². The number of anilines is 2. The largest absolute Gasteiger partial charge is 0.336 e. The first-order valence-electron chi connectivity index (χ1n) is 8.49. The van der Waals surface area contributed by atoms with Gasteiger partial charge in [-0.25, -0.2) is 9.97 Å². The molecule has 27 heavy (non-hydrogen) atoms. The summed E-state index contributed by atoms with van der Waals surface area (Å²) in [5.41, 5.74) is 1.33. The van der Waals surface area contributed by atoms with Crippen LogP contribution in [0.25, 0.3) is 0 Å². The lowest BCUT2D eigenvalue weighted by Gasteiger charge is -2.35. The lowest BCUT2D eigenvalue weighted by molar-refractivity contribution is 0.0695. The summed E-state index contributed by atoms with van der Waals surface area (Å²) in [6.45, 7) is 1.31. The third-order valence-electron chi connectivity index (χ3n) is 4.27. The number of aromatic nitrogens is 2. The number of piperazine rings is 1. The monoisotopic (exact) mass is 390 g/mol. The van der Waals surface area contributed by atoms with E-state index in [4.69, 9.17) is 0 Å². The molecule has 10 heteroatoms. The van der Waals surface area contributed by atoms with Crippen LogP contribution < -0.4 is 5.32 Å². The highest BCUT2D eigenvalue weighted by Gasteiger charge is 2.30. The van der Waals surface area contributed by atoms with E-state index >= 15 is 0 Å². The third-order valence-corrected chi connectivity index (χ3v) is 6.21. The van der Waals surface area contributed by atoms with E-state index in [1.807, 2.05) is 0 Å². The van der Waals surface area contributed by atoms with Crippen molar-refractivity contribution in [2.45, 2.75) is 0 Å². The molecule has 0 aliphatic carbocycles. The Balaban J connectivity index is 1.60. The molecule has 0 bridgehead atoms. The number of hydrogen-bond acceptors (Lipinski definition) is 6. The van der Waals surface area contributed by atoms with Crippen LogP contribution in [0.1, 0.15) is 10.4 Å². The van der Waals surface area contributed by atoms with Crippen molar-refractivity contribution in [3.8, 4) is 0 Å². The number of carbonyl (C=O) groups is 1. The molecular formula is C17H22N6O3S. The molecule has 9 nitrogen and oxygen atoms in total. The molecule has 3 rings (SSSR count). The van der Waals surface area contributed by atoms with Crippen LogP contribution in [0.5, 0.6) is 0 Å². The molecule has 1 aromatic carbocycles. The van der Waals surface area contributed by atoms with Gasteiger partial charge in [0, 0.05) is 63.9 Å². The fraction of sp³-hybridized carbons (Fsp3) is 0.353. The minimum atomic E-state index is -3.44. The Morgan fingerprint density at radius 2 is 1.63 bits per heavy atom. The minimum Gasteiger partial charge on any atom is -0.336 e. The molecule has 1 fully saturated rings. The van der Waals surface area contributed by atoms with Gasteiger partial charge in [0.2, 0.25) is 5.95 Å². The summed E-state index contributed by atoms with van der Waals surface area (Å²) in [6, 6.07) is 8.77. The number of rotatable bonds is 5. The highest BCUT2D eigenvalue weighted by atomic mass is 32.2. The molecule has 1 amide bonds. The quantitative estimate of drug-likeness (QED) is 0.810. The normalized spacial score (nSPS) is 15.7. The summed E-state index contributed by atoms with van der Waals surface area (Å²) in [5.74, 6) is 0.370. The Hall–Kier alpha value is -2.56. The highest BCUT2D eigenvalue weighted by Crippen LogP contribution is 2.16. The molecule has 2 heterocycles. The molecule has 1 saturated heterocycles. The standard InChI is InChI=1S/C17H22N6O3S/c1-21(2)27(25,26)23-12-10-22(11-13-23)16(24)14-4-6-15(7-5-14)20-17-18-8-3-9-19-17/h3-9H,10-13H2,1-2H3,(H,18,19,20). The number of benzene rings is 1. The van der Waals surface area contributed by atoms with Crippen LogP contribution in [0, 0.1) is 0 Å². The van der Waals surface area contributed by atoms with E-state index in [0.717, 1.165) is 5.69 Å². The first-order chi connectivity index (χ1) is 12.9. The summed E-state index contributed by atoms with van der Waals surface area (Å²) < 4.78 is 26.9. The van der Waals surface area contributed by atoms with E-state index in [1.54, 1.807) is 47.6 Å². The SMILES string of the molecule is CN(C)S(=O)(=O)N1CCN(C(=O)c2ccc(Nc3ncccn3)cc2)CC1. The third kappa shape index (κ3) is 4.41. The molecular weight excluding hydrogens is 368 g/mol. The summed E-state index contributed by atoms with van der Waals surface area (Å²) in [5, 5.41) is 3.06. The molecule has 2 aromatic rings. The van der Waals surface area contributed by atoms with Crippen molar-refractivity contribution in [2.24, 2.45) is 0 Å². The topological polar surface area (TPSA) is 98.7 Å². The van der Waals surface area contributed by atoms with E-state index in [1.165, 1.54) is 22.7 Å². The highest BCUT2D eigenvalue weighted by molar-refractivity contribution is 7.86. The van der Waals surface area contributed by atoms with Gasteiger partial charge in [-0.2, -0.15) is 17.0 Å². The maximum Gasteiger partial charge on any atom is 0.281 e. The van der Waals surface area contributed by atoms with Gasteiger partial charge in [-0.3, -0.25) is 4.79 Å². The van der Waals surface area contributed by atoms with E-state index < -0.39 is 10.2 Å². The fourth-order valence-electron chi connectivity index (χ4n) is 2.72. The lowest BCUT2D eigenvalue weighted by Crippen LogP contribution is -2.53. The van der Waals surface area contributed by atoms with Crippen LogP contribution >= 0.6 is 0 Å². The number of nitrogens with zero attached hydrogens (tertiary/aromatic N) is 5. The van der Waals surface area contributed by atoms with Gasteiger partial charge in [-0.1, -0.05) is 0 Å². The number of amides is 1. The molecule has 144 valence electrons. The first kappa shape index (κ1) is 19.2. The van der Waals surface area contributed by atoms with Gasteiger partial charge < -0.3 is 10.2 Å². The predicted octanol–water partition coefficient (Wildman–Crippen LogP) is 0.784. The van der Waals surface area contributed by atoms with Crippen molar-refractivity contribution in [1.29, 1.82) is 0 Å². The Labute approximate surface area is 158 Å². The lowest BCUT2D eigenvalue weighted by atomic mass is 10.1. The van der Waals surface area contributed by atoms with Crippen LogP contribution in [0.2, 0.25) is 0 Å². The van der Waals surface area contributed by atoms with Gasteiger partial charge in [0.1, 0.15) is 0 Å². The van der Waals surface area contributed by atoms with E-state index in [-0.39, 0.29) is 19.0 Å². The summed E-state index contributed by atoms with van der Waals surface area (Å²) in [7, 11) is -0.435. The van der Waals surface area contributed by atoms with Crippen LogP contribution in [0.4, 0.5) is 11.6 Å². The van der Waals surface area contributed by atoms with Crippen LogP contribution in [-0.2, 0) is 10.2 Å². The van der Waals surface area contributed by atoms with Crippen molar-refractivity contribution < 1.29 is 13.2 Å². The van der Waals surface area contributed by atoms with E-state index in [2.05, 4.69) is 15.3 Å². The van der Waals surface area contributed by atoms with E-state index in [9.17, 15) is 13.2 Å². The molecule has 1 aliphatic rings. The van der Waals surface area contributed by atoms with Crippen molar-refractivity contribution in [1.82, 2.24) is 23.5 Å². The second-order valence-electron chi connectivity index (χ2n) is 6.26. The molecule has 1 aliphatic heterocycles. The van der Waals surface area contributed by atoms with Gasteiger partial charge in [0.15, 0.2) is 0 Å². The molecule has 0 saturated carbocycles. The van der Waals surface area contributed by atoms with Gasteiger partial charge >= 0.3 is 0 Å². The fourth-order valence-corrected chi connectivity index (χ4v) is 3.81. The van der Waals surface area contributed by atoms with Crippen molar-refractivity contribution in [3.63, 3.8) is 0 Å². The zero-order valence-corrected chi connectivity index (χ0v) is 16.1. The molecule has 0 unspecified atom stereocenters. The molecule has 1 aromatic heterocycles. The molecule has 0 radical (unpaired) electrons. The van der Waals surface area contributed by atoms with Crippen LogP contribution in [-0.4, -0.2) is 78.1 Å². The van der Waals surface area contributed by atoms with Crippen molar-refractivity contribution in [2.75, 3.05) is 45.6 Å². The Morgan fingerprint density at radius 3 is 2.19 bits per heavy atom. The van der Waals surface area contributed by atoms with Crippen molar-refractivity contribution in [3.05, 3.63) is 48.3 Å². The Kier molecular flexibility index (Phi) is 5.68. The van der Waals surface area contributed by atoms with Gasteiger partial charge in [0.05, 0.1) is 0 Å². The van der Waals surface area contributed by atoms with Crippen LogP contribution in [0.3, 0.4) is 0 Å². The second kappa shape index (κ2) is 7.99. The summed E-state index contributed by atoms with van der Waals surface area (Å²) in [4.78, 5) is 22.5. The number of hydrogen-bond donors (Lipinski definition) is 1. The average molecular weight is 390 g/mol. The summed E-state index contributed by atoms with van der Waals surface area (Å²) >= 11 is 0. The predicted molar refractivity (Wildman–Crippen MR) is 102 cm³/mol. The smallest absolute Gasteiger partial charge is 0.281 e. The van der Waals surface area contributed by atoms with Gasteiger partial charge in [-0.05, 0) is 30.3 Å².